The van der Waals surface area contributed by atoms with Crippen LogP contribution < -0.4 is 0 Å². The first-order valence-corrected chi connectivity index (χ1v) is 9.70. The Morgan fingerprint density at radius 3 is 2.15 bits per heavy atom. The lowest BCUT2D eigenvalue weighted by Gasteiger charge is -2.45. The molecule has 0 spiro atoms. The molecule has 0 aromatic carbocycles. The van der Waals surface area contributed by atoms with Gasteiger partial charge < -0.3 is 15.1 Å². The molecule has 2 atom stereocenters. The highest BCUT2D eigenvalue weighted by atomic mass is 19.3. The minimum absolute atomic E-state index is 0.0595. The first-order chi connectivity index (χ1) is 12.3. The van der Waals surface area contributed by atoms with Crippen molar-refractivity contribution in [3.05, 3.63) is 0 Å². The summed E-state index contributed by atoms with van der Waals surface area (Å²) in [6.07, 6.45) is 0.630. The lowest BCUT2D eigenvalue weighted by Crippen LogP contribution is -2.60. The largest absolute Gasteiger partial charge is 0.465 e. The molecule has 8 heteroatoms. The van der Waals surface area contributed by atoms with Crippen LogP contribution in [-0.2, 0) is 4.79 Å². The molecular weight excluding hydrogens is 358 g/mol. The van der Waals surface area contributed by atoms with Crippen molar-refractivity contribution in [1.82, 2.24) is 9.80 Å². The van der Waals surface area contributed by atoms with Gasteiger partial charge >= 0.3 is 6.09 Å². The van der Waals surface area contributed by atoms with E-state index in [0.717, 1.165) is 9.80 Å². The number of hydrogen-bond donors (Lipinski definition) is 2. The van der Waals surface area contributed by atoms with Crippen LogP contribution in [0.1, 0.15) is 59.8 Å². The molecule has 1 saturated heterocycles. The van der Waals surface area contributed by atoms with Crippen LogP contribution in [0.25, 0.3) is 0 Å². The third kappa shape index (κ3) is 5.09. The standard InChI is InChI=1S/C19H32F2N2O4/c1-12(13-5-7-14(24)8-6-13)15(23(17(26)27)18(2,3)4)16(25)22-10-9-19(20,21)11-22/h12-15,24H,5-11H2,1-4H3,(H,26,27)/t12-,13?,14?,15+/m1/s1. The summed E-state index contributed by atoms with van der Waals surface area (Å²) in [5.74, 6) is -3.72. The fraction of sp³-hybridized carbons (Fsp3) is 0.895. The number of aliphatic hydroxyl groups excluding tert-OH is 1. The predicted molar refractivity (Wildman–Crippen MR) is 96.7 cm³/mol. The summed E-state index contributed by atoms with van der Waals surface area (Å²) >= 11 is 0. The molecule has 1 aliphatic heterocycles. The van der Waals surface area contributed by atoms with E-state index in [1.54, 1.807) is 20.8 Å². The van der Waals surface area contributed by atoms with Gasteiger partial charge in [0, 0.05) is 18.5 Å². The summed E-state index contributed by atoms with van der Waals surface area (Å²) < 4.78 is 27.3. The molecular formula is C19H32F2N2O4. The second-order valence-electron chi connectivity index (χ2n) is 9.06. The fourth-order valence-electron chi connectivity index (χ4n) is 4.39. The topological polar surface area (TPSA) is 81.1 Å². The van der Waals surface area contributed by atoms with Gasteiger partial charge in [0.1, 0.15) is 6.04 Å². The van der Waals surface area contributed by atoms with Crippen LogP contribution in [0.4, 0.5) is 13.6 Å². The van der Waals surface area contributed by atoms with Gasteiger partial charge in [-0.05, 0) is 58.3 Å². The number of nitrogens with zero attached hydrogens (tertiary/aromatic N) is 2. The molecule has 1 saturated carbocycles. The van der Waals surface area contributed by atoms with Crippen molar-refractivity contribution >= 4 is 12.0 Å². The van der Waals surface area contributed by atoms with E-state index in [2.05, 4.69) is 0 Å². The number of alkyl halides is 2. The second kappa shape index (κ2) is 7.89. The second-order valence-corrected chi connectivity index (χ2v) is 9.06. The summed E-state index contributed by atoms with van der Waals surface area (Å²) in [6.45, 7) is 6.24. The van der Waals surface area contributed by atoms with Crippen molar-refractivity contribution in [2.75, 3.05) is 13.1 Å². The molecule has 27 heavy (non-hydrogen) atoms. The van der Waals surface area contributed by atoms with Crippen LogP contribution in [0.5, 0.6) is 0 Å². The molecule has 2 fully saturated rings. The van der Waals surface area contributed by atoms with Gasteiger partial charge in [0.25, 0.3) is 5.92 Å². The first-order valence-electron chi connectivity index (χ1n) is 9.70. The molecule has 0 radical (unpaired) electrons. The maximum Gasteiger partial charge on any atom is 0.408 e. The van der Waals surface area contributed by atoms with Crippen molar-refractivity contribution in [1.29, 1.82) is 0 Å². The van der Waals surface area contributed by atoms with Crippen molar-refractivity contribution in [2.24, 2.45) is 11.8 Å². The molecule has 0 aromatic rings. The first kappa shape index (κ1) is 21.9. The van der Waals surface area contributed by atoms with Crippen LogP contribution in [0, 0.1) is 11.8 Å². The van der Waals surface area contributed by atoms with E-state index >= 15 is 0 Å². The van der Waals surface area contributed by atoms with Gasteiger partial charge in [0.2, 0.25) is 5.91 Å². The molecule has 2 rings (SSSR count). The summed E-state index contributed by atoms with van der Waals surface area (Å²) in [6, 6.07) is -1.02. The minimum atomic E-state index is -2.92. The Balaban J connectivity index is 2.32. The Morgan fingerprint density at radius 1 is 1.19 bits per heavy atom. The minimum Gasteiger partial charge on any atom is -0.465 e. The van der Waals surface area contributed by atoms with E-state index < -0.39 is 42.5 Å². The van der Waals surface area contributed by atoms with Gasteiger partial charge in [-0.25, -0.2) is 13.6 Å². The highest BCUT2D eigenvalue weighted by Crippen LogP contribution is 2.37. The van der Waals surface area contributed by atoms with Crippen molar-refractivity contribution in [3.8, 4) is 0 Å². The fourth-order valence-corrected chi connectivity index (χ4v) is 4.39. The quantitative estimate of drug-likeness (QED) is 0.773. The van der Waals surface area contributed by atoms with E-state index in [1.165, 1.54) is 0 Å². The number of hydrogen-bond acceptors (Lipinski definition) is 3. The van der Waals surface area contributed by atoms with Crippen LogP contribution in [0.3, 0.4) is 0 Å². The predicted octanol–water partition coefficient (Wildman–Crippen LogP) is 3.19. The number of likely N-dealkylation sites (tertiary alicyclic amines) is 1. The van der Waals surface area contributed by atoms with E-state index in [4.69, 9.17) is 0 Å². The van der Waals surface area contributed by atoms with E-state index in [0.29, 0.717) is 25.7 Å². The molecule has 2 N–H and O–H groups in total. The molecule has 1 heterocycles. The summed E-state index contributed by atoms with van der Waals surface area (Å²) in [7, 11) is 0. The SMILES string of the molecule is C[C@H](C1CCC(O)CC1)[C@@H](C(=O)N1CCC(F)(F)C1)N(C(=O)O)C(C)(C)C. The highest BCUT2D eigenvalue weighted by molar-refractivity contribution is 5.86. The zero-order valence-corrected chi connectivity index (χ0v) is 16.6. The zero-order valence-electron chi connectivity index (χ0n) is 16.6. The van der Waals surface area contributed by atoms with Crippen LogP contribution in [0.15, 0.2) is 0 Å². The molecule has 2 amide bonds. The maximum absolute atomic E-state index is 13.7. The Kier molecular flexibility index (Phi) is 6.39. The maximum atomic E-state index is 13.7. The summed E-state index contributed by atoms with van der Waals surface area (Å²) in [5, 5.41) is 19.6. The molecule has 156 valence electrons. The number of rotatable bonds is 4. The molecule has 2 aliphatic rings. The van der Waals surface area contributed by atoms with Gasteiger partial charge in [0.15, 0.2) is 0 Å². The number of carbonyl (C=O) groups excluding carboxylic acids is 1. The Hall–Kier alpha value is -1.44. The number of carboxylic acid groups (broad SMARTS) is 1. The normalized spacial score (nSPS) is 27.9. The van der Waals surface area contributed by atoms with Gasteiger partial charge in [0.05, 0.1) is 12.6 Å². The summed E-state index contributed by atoms with van der Waals surface area (Å²) in [4.78, 5) is 27.5. The number of amides is 2. The third-order valence-corrected chi connectivity index (χ3v) is 5.92. The van der Waals surface area contributed by atoms with E-state index in [-0.39, 0.29) is 24.5 Å². The van der Waals surface area contributed by atoms with Gasteiger partial charge in [-0.2, -0.15) is 0 Å². The lowest BCUT2D eigenvalue weighted by atomic mass is 9.75. The number of aliphatic hydroxyl groups is 1. The van der Waals surface area contributed by atoms with Crippen molar-refractivity contribution < 1.29 is 28.6 Å². The Morgan fingerprint density at radius 2 is 1.74 bits per heavy atom. The van der Waals surface area contributed by atoms with Crippen molar-refractivity contribution in [3.63, 3.8) is 0 Å². The Bertz CT molecular complexity index is 556. The number of carbonyl (C=O) groups is 2. The molecule has 0 unspecified atom stereocenters. The summed E-state index contributed by atoms with van der Waals surface area (Å²) in [5.41, 5.74) is -0.850. The molecule has 0 aromatic heterocycles. The van der Waals surface area contributed by atoms with Gasteiger partial charge in [-0.15, -0.1) is 0 Å². The van der Waals surface area contributed by atoms with E-state index in [9.17, 15) is 28.6 Å². The molecule has 6 nitrogen and oxygen atoms in total. The molecule has 0 bridgehead atoms. The highest BCUT2D eigenvalue weighted by Gasteiger charge is 2.48. The smallest absolute Gasteiger partial charge is 0.408 e. The van der Waals surface area contributed by atoms with Crippen molar-refractivity contribution in [2.45, 2.75) is 83.4 Å². The monoisotopic (exact) mass is 390 g/mol. The third-order valence-electron chi connectivity index (χ3n) is 5.92. The lowest BCUT2D eigenvalue weighted by molar-refractivity contribution is -0.142. The van der Waals surface area contributed by atoms with Crippen LogP contribution in [-0.4, -0.2) is 68.7 Å². The molecule has 1 aliphatic carbocycles. The Labute approximate surface area is 159 Å². The van der Waals surface area contributed by atoms with Gasteiger partial charge in [-0.3, -0.25) is 9.69 Å². The van der Waals surface area contributed by atoms with Crippen LogP contribution >= 0.6 is 0 Å². The number of halogens is 2. The van der Waals surface area contributed by atoms with E-state index in [1.807, 2.05) is 6.92 Å². The zero-order chi connectivity index (χ0) is 20.6. The average Bonchev–Trinajstić information content (AvgIpc) is 2.90. The average molecular weight is 390 g/mol. The van der Waals surface area contributed by atoms with Crippen LogP contribution in [0.2, 0.25) is 0 Å². The van der Waals surface area contributed by atoms with Gasteiger partial charge in [-0.1, -0.05) is 6.92 Å².